The molecule has 0 saturated carbocycles. The van der Waals surface area contributed by atoms with Crippen LogP contribution in [0.2, 0.25) is 0 Å². The minimum absolute atomic E-state index is 0.299. The molecule has 0 spiro atoms. The first-order chi connectivity index (χ1) is 7.99. The predicted octanol–water partition coefficient (Wildman–Crippen LogP) is 3.22. The van der Waals surface area contributed by atoms with Gasteiger partial charge in [0.2, 0.25) is 0 Å². The number of hydrogen-bond acceptors (Lipinski definition) is 2. The molecule has 17 heavy (non-hydrogen) atoms. The van der Waals surface area contributed by atoms with Gasteiger partial charge in [-0.15, -0.1) is 0 Å². The molecule has 3 nitrogen and oxygen atoms in total. The maximum atomic E-state index is 10.4. The third-order valence-electron chi connectivity index (χ3n) is 2.36. The number of rotatable bonds is 5. The van der Waals surface area contributed by atoms with E-state index >= 15 is 0 Å². The van der Waals surface area contributed by atoms with E-state index in [0.29, 0.717) is 18.1 Å². The zero-order valence-corrected chi connectivity index (χ0v) is 10.4. The van der Waals surface area contributed by atoms with E-state index in [1.807, 2.05) is 18.2 Å². The molecule has 1 N–H and O–H groups in total. The Morgan fingerprint density at radius 1 is 1.47 bits per heavy atom. The van der Waals surface area contributed by atoms with Crippen LogP contribution in [0.4, 0.5) is 0 Å². The molecule has 0 bridgehead atoms. The van der Waals surface area contributed by atoms with Crippen LogP contribution >= 0.6 is 0 Å². The van der Waals surface area contributed by atoms with Crippen molar-refractivity contribution in [1.82, 2.24) is 0 Å². The molecule has 0 aromatic heterocycles. The van der Waals surface area contributed by atoms with Gasteiger partial charge in [-0.25, -0.2) is 4.79 Å². The highest BCUT2D eigenvalue weighted by Gasteiger charge is 2.01. The average Bonchev–Trinajstić information content (AvgIpc) is 2.26. The lowest BCUT2D eigenvalue weighted by atomic mass is 10.0. The highest BCUT2D eigenvalue weighted by atomic mass is 16.5. The van der Waals surface area contributed by atoms with Crippen LogP contribution in [-0.2, 0) is 4.79 Å². The SMILES string of the molecule is C/C(=C\C(=O)O)COc1cccc(C(C)C)c1. The molecule has 0 amide bonds. The number of carboxylic acids is 1. The molecule has 0 aliphatic heterocycles. The van der Waals surface area contributed by atoms with Gasteiger partial charge in [-0.3, -0.25) is 0 Å². The Labute approximate surface area is 102 Å². The standard InChI is InChI=1S/C14H18O3/c1-10(2)12-5-4-6-13(8-12)17-9-11(3)7-14(15)16/h4-8,10H,9H2,1-3H3,(H,15,16)/b11-7+. The van der Waals surface area contributed by atoms with Crippen molar-refractivity contribution in [2.45, 2.75) is 26.7 Å². The van der Waals surface area contributed by atoms with Crippen LogP contribution in [0, 0.1) is 0 Å². The second-order valence-electron chi connectivity index (χ2n) is 4.34. The van der Waals surface area contributed by atoms with Gasteiger partial charge in [0.15, 0.2) is 0 Å². The van der Waals surface area contributed by atoms with Crippen molar-refractivity contribution in [1.29, 1.82) is 0 Å². The first-order valence-corrected chi connectivity index (χ1v) is 5.62. The van der Waals surface area contributed by atoms with Gasteiger partial charge < -0.3 is 9.84 Å². The Kier molecular flexibility index (Phi) is 4.76. The minimum Gasteiger partial charge on any atom is -0.489 e. The zero-order valence-electron chi connectivity index (χ0n) is 10.4. The van der Waals surface area contributed by atoms with E-state index < -0.39 is 5.97 Å². The fourth-order valence-electron chi connectivity index (χ4n) is 1.41. The van der Waals surface area contributed by atoms with E-state index in [9.17, 15) is 4.79 Å². The summed E-state index contributed by atoms with van der Waals surface area (Å²) in [4.78, 5) is 10.4. The monoisotopic (exact) mass is 234 g/mol. The zero-order chi connectivity index (χ0) is 12.8. The summed E-state index contributed by atoms with van der Waals surface area (Å²) in [6.07, 6.45) is 1.16. The summed E-state index contributed by atoms with van der Waals surface area (Å²) in [6, 6.07) is 7.86. The molecule has 0 heterocycles. The number of aliphatic carboxylic acids is 1. The van der Waals surface area contributed by atoms with Crippen LogP contribution in [0.3, 0.4) is 0 Å². The Bertz CT molecular complexity index is 419. The Morgan fingerprint density at radius 2 is 2.18 bits per heavy atom. The normalized spacial score (nSPS) is 11.6. The van der Waals surface area contributed by atoms with Gasteiger partial charge in [0, 0.05) is 6.08 Å². The van der Waals surface area contributed by atoms with Gasteiger partial charge in [0.25, 0.3) is 0 Å². The van der Waals surface area contributed by atoms with Gasteiger partial charge in [-0.05, 0) is 36.1 Å². The van der Waals surface area contributed by atoms with E-state index in [-0.39, 0.29) is 0 Å². The number of benzene rings is 1. The lowest BCUT2D eigenvalue weighted by Gasteiger charge is -2.09. The van der Waals surface area contributed by atoms with Crippen molar-refractivity contribution in [2.24, 2.45) is 0 Å². The van der Waals surface area contributed by atoms with Crippen molar-refractivity contribution in [3.05, 3.63) is 41.5 Å². The summed E-state index contributed by atoms with van der Waals surface area (Å²) in [6.45, 7) is 6.28. The summed E-state index contributed by atoms with van der Waals surface area (Å²) < 4.78 is 5.53. The molecule has 1 aromatic carbocycles. The number of carbonyl (C=O) groups is 1. The summed E-state index contributed by atoms with van der Waals surface area (Å²) in [5.41, 5.74) is 1.90. The average molecular weight is 234 g/mol. The van der Waals surface area contributed by atoms with Crippen LogP contribution in [0.15, 0.2) is 35.9 Å². The summed E-state index contributed by atoms with van der Waals surface area (Å²) in [5.74, 6) is 0.283. The molecule has 0 atom stereocenters. The molecule has 0 fully saturated rings. The molecule has 1 rings (SSSR count). The first kappa shape index (κ1) is 13.3. The van der Waals surface area contributed by atoms with Crippen LogP contribution in [0.1, 0.15) is 32.3 Å². The minimum atomic E-state index is -0.943. The van der Waals surface area contributed by atoms with Crippen molar-refractivity contribution in [2.75, 3.05) is 6.61 Å². The van der Waals surface area contributed by atoms with E-state index in [1.165, 1.54) is 5.56 Å². The molecule has 3 heteroatoms. The second-order valence-corrected chi connectivity index (χ2v) is 4.34. The Hall–Kier alpha value is -1.77. The molecule has 0 aliphatic carbocycles. The second kappa shape index (κ2) is 6.09. The lowest BCUT2D eigenvalue weighted by Crippen LogP contribution is -2.01. The summed E-state index contributed by atoms with van der Waals surface area (Å²) >= 11 is 0. The predicted molar refractivity (Wildman–Crippen MR) is 67.4 cm³/mol. The topological polar surface area (TPSA) is 46.5 Å². The molecule has 0 saturated heterocycles. The first-order valence-electron chi connectivity index (χ1n) is 5.62. The number of carboxylic acid groups (broad SMARTS) is 1. The van der Waals surface area contributed by atoms with Crippen LogP contribution in [-0.4, -0.2) is 17.7 Å². The molecular weight excluding hydrogens is 216 g/mol. The van der Waals surface area contributed by atoms with E-state index in [1.54, 1.807) is 6.92 Å². The maximum absolute atomic E-state index is 10.4. The Balaban J connectivity index is 2.63. The molecule has 0 unspecified atom stereocenters. The highest BCUT2D eigenvalue weighted by molar-refractivity contribution is 5.80. The van der Waals surface area contributed by atoms with Gasteiger partial charge in [-0.1, -0.05) is 26.0 Å². The van der Waals surface area contributed by atoms with Crippen molar-refractivity contribution in [3.63, 3.8) is 0 Å². The third-order valence-corrected chi connectivity index (χ3v) is 2.36. The number of hydrogen-bond donors (Lipinski definition) is 1. The quantitative estimate of drug-likeness (QED) is 0.796. The van der Waals surface area contributed by atoms with Crippen LogP contribution in [0.25, 0.3) is 0 Å². The smallest absolute Gasteiger partial charge is 0.328 e. The van der Waals surface area contributed by atoms with Gasteiger partial charge in [-0.2, -0.15) is 0 Å². The Morgan fingerprint density at radius 3 is 2.76 bits per heavy atom. The van der Waals surface area contributed by atoms with Crippen molar-refractivity contribution >= 4 is 5.97 Å². The molecule has 0 aliphatic rings. The van der Waals surface area contributed by atoms with Gasteiger partial charge in [0.05, 0.1) is 0 Å². The fourth-order valence-corrected chi connectivity index (χ4v) is 1.41. The molecular formula is C14H18O3. The highest BCUT2D eigenvalue weighted by Crippen LogP contribution is 2.20. The third kappa shape index (κ3) is 4.72. The van der Waals surface area contributed by atoms with Crippen LogP contribution < -0.4 is 4.74 Å². The summed E-state index contributed by atoms with van der Waals surface area (Å²) in [5, 5.41) is 8.57. The molecule has 1 aromatic rings. The molecule has 0 radical (unpaired) electrons. The van der Waals surface area contributed by atoms with E-state index in [0.717, 1.165) is 11.8 Å². The van der Waals surface area contributed by atoms with Crippen molar-refractivity contribution < 1.29 is 14.6 Å². The number of ether oxygens (including phenoxy) is 1. The van der Waals surface area contributed by atoms with Crippen LogP contribution in [0.5, 0.6) is 5.75 Å². The fraction of sp³-hybridized carbons (Fsp3) is 0.357. The lowest BCUT2D eigenvalue weighted by molar-refractivity contribution is -0.131. The maximum Gasteiger partial charge on any atom is 0.328 e. The van der Waals surface area contributed by atoms with Gasteiger partial charge >= 0.3 is 5.97 Å². The largest absolute Gasteiger partial charge is 0.489 e. The van der Waals surface area contributed by atoms with E-state index in [4.69, 9.17) is 9.84 Å². The molecule has 92 valence electrons. The van der Waals surface area contributed by atoms with E-state index in [2.05, 4.69) is 19.9 Å². The summed E-state index contributed by atoms with van der Waals surface area (Å²) in [7, 11) is 0. The van der Waals surface area contributed by atoms with Gasteiger partial charge in [0.1, 0.15) is 12.4 Å². The van der Waals surface area contributed by atoms with Crippen molar-refractivity contribution in [3.8, 4) is 5.75 Å².